The number of benzene rings is 1. The van der Waals surface area contributed by atoms with Gasteiger partial charge in [-0.05, 0) is 30.2 Å². The van der Waals surface area contributed by atoms with Crippen LogP contribution in [0.2, 0.25) is 0 Å². The summed E-state index contributed by atoms with van der Waals surface area (Å²) in [6.07, 6.45) is 0.670. The summed E-state index contributed by atoms with van der Waals surface area (Å²) in [5.74, 6) is 1.45. The van der Waals surface area contributed by atoms with Gasteiger partial charge in [0.25, 0.3) is 0 Å². The summed E-state index contributed by atoms with van der Waals surface area (Å²) in [6.45, 7) is 1.36. The van der Waals surface area contributed by atoms with E-state index in [4.69, 9.17) is 15.2 Å². The molecule has 1 unspecified atom stereocenters. The van der Waals surface area contributed by atoms with Crippen molar-refractivity contribution in [1.29, 1.82) is 0 Å². The molecule has 1 aromatic rings. The van der Waals surface area contributed by atoms with E-state index in [2.05, 4.69) is 5.32 Å². The van der Waals surface area contributed by atoms with Crippen LogP contribution >= 0.6 is 12.4 Å². The Hall–Kier alpha value is -1.46. The van der Waals surface area contributed by atoms with Crippen LogP contribution in [0.4, 0.5) is 0 Å². The number of ether oxygens (including phenoxy) is 2. The van der Waals surface area contributed by atoms with Crippen molar-refractivity contribution in [2.75, 3.05) is 26.8 Å². The van der Waals surface area contributed by atoms with E-state index in [0.717, 1.165) is 17.1 Å². The molecule has 0 radical (unpaired) electrons. The van der Waals surface area contributed by atoms with Gasteiger partial charge >= 0.3 is 0 Å². The van der Waals surface area contributed by atoms with Crippen molar-refractivity contribution in [1.82, 2.24) is 5.32 Å². The Labute approximate surface area is 118 Å². The van der Waals surface area contributed by atoms with Crippen molar-refractivity contribution in [2.24, 2.45) is 11.7 Å². The van der Waals surface area contributed by atoms with E-state index in [0.29, 0.717) is 26.1 Å². The monoisotopic (exact) mass is 286 g/mol. The van der Waals surface area contributed by atoms with Crippen molar-refractivity contribution >= 4 is 18.3 Å². The number of nitrogens with one attached hydrogen (secondary N) is 1. The van der Waals surface area contributed by atoms with Gasteiger partial charge in [-0.25, -0.2) is 0 Å². The van der Waals surface area contributed by atoms with E-state index in [-0.39, 0.29) is 24.2 Å². The Morgan fingerprint density at radius 1 is 1.58 bits per heavy atom. The zero-order chi connectivity index (χ0) is 13.0. The van der Waals surface area contributed by atoms with Crippen LogP contribution in [0.1, 0.15) is 5.56 Å². The van der Waals surface area contributed by atoms with Crippen molar-refractivity contribution in [3.05, 3.63) is 23.8 Å². The molecule has 1 amide bonds. The van der Waals surface area contributed by atoms with Crippen molar-refractivity contribution < 1.29 is 14.3 Å². The highest BCUT2D eigenvalue weighted by molar-refractivity contribution is 5.85. The summed E-state index contributed by atoms with van der Waals surface area (Å²) in [6, 6.07) is 5.65. The first-order valence-corrected chi connectivity index (χ1v) is 6.02. The predicted molar refractivity (Wildman–Crippen MR) is 75.0 cm³/mol. The third-order valence-electron chi connectivity index (χ3n) is 2.99. The molecule has 1 heterocycles. The van der Waals surface area contributed by atoms with Crippen molar-refractivity contribution in [3.63, 3.8) is 0 Å². The third-order valence-corrected chi connectivity index (χ3v) is 2.99. The van der Waals surface area contributed by atoms with Crippen LogP contribution in [0.3, 0.4) is 0 Å². The Balaban J connectivity index is 0.00000180. The number of hydrogen-bond donors (Lipinski definition) is 2. The number of carbonyl (C=O) groups is 1. The summed E-state index contributed by atoms with van der Waals surface area (Å²) < 4.78 is 10.8. The Morgan fingerprint density at radius 3 is 3.05 bits per heavy atom. The van der Waals surface area contributed by atoms with Crippen molar-refractivity contribution in [2.45, 2.75) is 6.42 Å². The summed E-state index contributed by atoms with van der Waals surface area (Å²) >= 11 is 0. The molecule has 3 N–H and O–H groups in total. The highest BCUT2D eigenvalue weighted by Gasteiger charge is 2.25. The largest absolute Gasteiger partial charge is 0.497 e. The maximum atomic E-state index is 11.8. The SMILES string of the molecule is COc1ccc2c(c1)CC(C(=O)NCCN)CO2.Cl. The standard InChI is InChI=1S/C13H18N2O3.ClH/c1-17-11-2-3-12-9(7-11)6-10(8-18-12)13(16)15-5-4-14;/h2-3,7,10H,4-6,8,14H2,1H3,(H,15,16);1H. The minimum absolute atomic E-state index is 0. The van der Waals surface area contributed by atoms with Gasteiger partial charge in [0.1, 0.15) is 18.1 Å². The van der Waals surface area contributed by atoms with Crippen LogP contribution in [-0.4, -0.2) is 32.7 Å². The molecule has 0 aliphatic carbocycles. The minimum Gasteiger partial charge on any atom is -0.497 e. The quantitative estimate of drug-likeness (QED) is 0.856. The molecule has 5 nitrogen and oxygen atoms in total. The number of amides is 1. The summed E-state index contributed by atoms with van der Waals surface area (Å²) in [7, 11) is 1.62. The molecule has 0 bridgehead atoms. The molecule has 1 aliphatic rings. The molecule has 0 saturated carbocycles. The normalized spacial score (nSPS) is 16.6. The van der Waals surface area contributed by atoms with E-state index in [1.54, 1.807) is 7.11 Å². The second-order valence-corrected chi connectivity index (χ2v) is 4.27. The van der Waals surface area contributed by atoms with Gasteiger partial charge in [0.2, 0.25) is 5.91 Å². The van der Waals surface area contributed by atoms with E-state index in [1.165, 1.54) is 0 Å². The number of rotatable bonds is 4. The maximum absolute atomic E-state index is 11.8. The number of hydrogen-bond acceptors (Lipinski definition) is 4. The van der Waals surface area contributed by atoms with Gasteiger partial charge in [0.05, 0.1) is 13.0 Å². The second-order valence-electron chi connectivity index (χ2n) is 4.27. The predicted octanol–water partition coefficient (Wildman–Crippen LogP) is 0.743. The average Bonchev–Trinajstić information content (AvgIpc) is 2.43. The fraction of sp³-hybridized carbons (Fsp3) is 0.462. The molecule has 1 aromatic carbocycles. The number of carbonyl (C=O) groups excluding carboxylic acids is 1. The van der Waals surface area contributed by atoms with Gasteiger partial charge in [-0.15, -0.1) is 12.4 Å². The molecule has 2 rings (SSSR count). The zero-order valence-electron chi connectivity index (χ0n) is 10.8. The fourth-order valence-electron chi connectivity index (χ4n) is 2.01. The van der Waals surface area contributed by atoms with E-state index < -0.39 is 0 Å². The molecule has 0 saturated heterocycles. The fourth-order valence-corrected chi connectivity index (χ4v) is 2.01. The lowest BCUT2D eigenvalue weighted by molar-refractivity contribution is -0.126. The average molecular weight is 287 g/mol. The molecule has 6 heteroatoms. The van der Waals surface area contributed by atoms with E-state index in [9.17, 15) is 4.79 Å². The Bertz CT molecular complexity index is 440. The molecule has 0 fully saturated rings. The topological polar surface area (TPSA) is 73.6 Å². The van der Waals surface area contributed by atoms with Gasteiger partial charge in [0, 0.05) is 13.1 Å². The number of methoxy groups -OCH3 is 1. The lowest BCUT2D eigenvalue weighted by Gasteiger charge is -2.24. The summed E-state index contributed by atoms with van der Waals surface area (Å²) in [5, 5.41) is 2.79. The van der Waals surface area contributed by atoms with Gasteiger partial charge in [-0.3, -0.25) is 4.79 Å². The zero-order valence-corrected chi connectivity index (χ0v) is 11.7. The van der Waals surface area contributed by atoms with Crippen LogP contribution in [-0.2, 0) is 11.2 Å². The Kier molecular flexibility index (Phi) is 5.92. The number of halogens is 1. The van der Waals surface area contributed by atoms with E-state index >= 15 is 0 Å². The lowest BCUT2D eigenvalue weighted by Crippen LogP contribution is -2.39. The lowest BCUT2D eigenvalue weighted by atomic mass is 9.96. The van der Waals surface area contributed by atoms with Crippen molar-refractivity contribution in [3.8, 4) is 11.5 Å². The Morgan fingerprint density at radius 2 is 2.37 bits per heavy atom. The molecule has 106 valence electrons. The van der Waals surface area contributed by atoms with E-state index in [1.807, 2.05) is 18.2 Å². The highest BCUT2D eigenvalue weighted by atomic mass is 35.5. The molecule has 0 aromatic heterocycles. The first-order chi connectivity index (χ1) is 8.74. The van der Waals surface area contributed by atoms with Crippen LogP contribution in [0.5, 0.6) is 11.5 Å². The number of nitrogens with two attached hydrogens (primary N) is 1. The van der Waals surface area contributed by atoms with Crippen LogP contribution in [0, 0.1) is 5.92 Å². The maximum Gasteiger partial charge on any atom is 0.226 e. The number of fused-ring (bicyclic) bond motifs is 1. The molecule has 0 spiro atoms. The smallest absolute Gasteiger partial charge is 0.226 e. The molecule has 1 aliphatic heterocycles. The molecular weight excluding hydrogens is 268 g/mol. The molecule has 1 atom stereocenters. The minimum atomic E-state index is -0.156. The van der Waals surface area contributed by atoms with Gasteiger partial charge in [-0.1, -0.05) is 0 Å². The van der Waals surface area contributed by atoms with Crippen LogP contribution < -0.4 is 20.5 Å². The van der Waals surface area contributed by atoms with Gasteiger partial charge in [-0.2, -0.15) is 0 Å². The second kappa shape index (κ2) is 7.21. The van der Waals surface area contributed by atoms with Crippen LogP contribution in [0.15, 0.2) is 18.2 Å². The third kappa shape index (κ3) is 3.75. The molecular formula is C13H19ClN2O3. The first-order valence-electron chi connectivity index (χ1n) is 6.02. The van der Waals surface area contributed by atoms with Gasteiger partial charge < -0.3 is 20.5 Å². The molecule has 19 heavy (non-hydrogen) atoms. The summed E-state index contributed by atoms with van der Waals surface area (Å²) in [4.78, 5) is 11.8. The summed E-state index contributed by atoms with van der Waals surface area (Å²) in [5.41, 5.74) is 6.37. The highest BCUT2D eigenvalue weighted by Crippen LogP contribution is 2.30. The van der Waals surface area contributed by atoms with Crippen LogP contribution in [0.25, 0.3) is 0 Å². The first kappa shape index (κ1) is 15.6. The van der Waals surface area contributed by atoms with Gasteiger partial charge in [0.15, 0.2) is 0 Å².